The number of piperidine rings is 1. The predicted octanol–water partition coefficient (Wildman–Crippen LogP) is 7.09. The fourth-order valence-electron chi connectivity index (χ4n) is 6.93. The minimum Gasteiger partial charge on any atom is -0.445 e. The monoisotopic (exact) mass is 654 g/mol. The van der Waals surface area contributed by atoms with Gasteiger partial charge in [-0.2, -0.15) is 0 Å². The number of aryl methyl sites for hydroxylation is 1. The normalized spacial score (nSPS) is 16.5. The van der Waals surface area contributed by atoms with Crippen molar-refractivity contribution in [1.29, 1.82) is 0 Å². The summed E-state index contributed by atoms with van der Waals surface area (Å²) in [5.41, 5.74) is 7.08. The maximum Gasteiger partial charge on any atom is 0.408 e. The summed E-state index contributed by atoms with van der Waals surface area (Å²) >= 11 is 0. The second-order valence-electron chi connectivity index (χ2n) is 13.7. The highest BCUT2D eigenvalue weighted by Gasteiger charge is 2.29. The van der Waals surface area contributed by atoms with Crippen LogP contribution in [0.3, 0.4) is 0 Å². The number of pyridine rings is 1. The van der Waals surface area contributed by atoms with Gasteiger partial charge in [0.15, 0.2) is 0 Å². The van der Waals surface area contributed by atoms with Gasteiger partial charge in [-0.15, -0.1) is 0 Å². The summed E-state index contributed by atoms with van der Waals surface area (Å²) in [6.07, 6.45) is 5.08. The first-order valence-corrected chi connectivity index (χ1v) is 17.1. The standard InChI is InChI=1S/C39H50N4O5/c1-6-43-35-17-16-31(21-33(35)34(22-39(3,4)26-45)37(43)32-15-10-18-40-36(32)27(2)47-5)42-19-11-14-29(23-42)20-30(24-44)41-38(46)48-25-28-12-8-7-9-13-28/h7-10,12-13,15-18,21,24,27,29-30,45H,6,11,14,19-20,22-23,25-26H2,1-5H3,(H,41,46)/t27-,29-,30-/m0/s1. The number of methoxy groups -OCH3 is 1. The van der Waals surface area contributed by atoms with E-state index in [1.165, 1.54) is 10.9 Å². The molecular formula is C39H50N4O5. The van der Waals surface area contributed by atoms with Crippen LogP contribution in [-0.2, 0) is 33.8 Å². The second kappa shape index (κ2) is 15.8. The Morgan fingerprint density at radius 3 is 2.67 bits per heavy atom. The molecule has 3 atom stereocenters. The topological polar surface area (TPSA) is 106 Å². The molecule has 4 aromatic rings. The van der Waals surface area contributed by atoms with Crippen LogP contribution in [0.1, 0.15) is 69.9 Å². The molecule has 1 aliphatic rings. The molecule has 2 aromatic carbocycles. The van der Waals surface area contributed by atoms with Crippen LogP contribution in [-0.4, -0.2) is 59.9 Å². The molecule has 5 rings (SSSR count). The molecule has 48 heavy (non-hydrogen) atoms. The summed E-state index contributed by atoms with van der Waals surface area (Å²) in [4.78, 5) is 31.6. The first-order valence-electron chi connectivity index (χ1n) is 17.1. The Kier molecular flexibility index (Phi) is 11.5. The molecule has 1 saturated heterocycles. The lowest BCUT2D eigenvalue weighted by Crippen LogP contribution is -2.42. The van der Waals surface area contributed by atoms with Crippen LogP contribution in [0.4, 0.5) is 10.5 Å². The van der Waals surface area contributed by atoms with Gasteiger partial charge in [0, 0.05) is 61.7 Å². The molecule has 0 bridgehead atoms. The molecule has 3 heterocycles. The third-order valence-corrected chi connectivity index (χ3v) is 9.54. The number of aldehydes is 1. The number of aliphatic hydroxyl groups excluding tert-OH is 1. The molecule has 256 valence electrons. The van der Waals surface area contributed by atoms with Crippen LogP contribution in [0.5, 0.6) is 0 Å². The van der Waals surface area contributed by atoms with Crippen molar-refractivity contribution in [3.63, 3.8) is 0 Å². The van der Waals surface area contributed by atoms with Crippen molar-refractivity contribution in [3.8, 4) is 11.3 Å². The smallest absolute Gasteiger partial charge is 0.408 e. The zero-order valence-corrected chi connectivity index (χ0v) is 28.9. The van der Waals surface area contributed by atoms with E-state index in [1.807, 2.05) is 49.5 Å². The Morgan fingerprint density at radius 1 is 1.17 bits per heavy atom. The van der Waals surface area contributed by atoms with Crippen LogP contribution in [0.25, 0.3) is 22.2 Å². The Morgan fingerprint density at radius 2 is 1.96 bits per heavy atom. The van der Waals surface area contributed by atoms with Crippen LogP contribution >= 0.6 is 0 Å². The van der Waals surface area contributed by atoms with Gasteiger partial charge in [-0.3, -0.25) is 4.98 Å². The van der Waals surface area contributed by atoms with Gasteiger partial charge in [0.2, 0.25) is 0 Å². The molecule has 0 saturated carbocycles. The van der Waals surface area contributed by atoms with Gasteiger partial charge in [0.25, 0.3) is 0 Å². The largest absolute Gasteiger partial charge is 0.445 e. The summed E-state index contributed by atoms with van der Waals surface area (Å²) in [6.45, 7) is 11.1. The number of aromatic nitrogens is 2. The summed E-state index contributed by atoms with van der Waals surface area (Å²) in [5.74, 6) is 0.233. The molecule has 2 aromatic heterocycles. The highest BCUT2D eigenvalue weighted by atomic mass is 16.5. The summed E-state index contributed by atoms with van der Waals surface area (Å²) < 4.78 is 13.5. The highest BCUT2D eigenvalue weighted by molar-refractivity contribution is 5.94. The molecule has 1 amide bonds. The quantitative estimate of drug-likeness (QED) is 0.140. The van der Waals surface area contributed by atoms with Gasteiger partial charge >= 0.3 is 6.09 Å². The summed E-state index contributed by atoms with van der Waals surface area (Å²) in [7, 11) is 1.71. The Hall–Kier alpha value is -4.21. The molecule has 1 aliphatic heterocycles. The Bertz CT molecular complexity index is 1680. The van der Waals surface area contributed by atoms with Crippen molar-refractivity contribution in [1.82, 2.24) is 14.9 Å². The first-order chi connectivity index (χ1) is 23.2. The Labute approximate surface area is 284 Å². The van der Waals surface area contributed by atoms with Crippen LogP contribution < -0.4 is 10.2 Å². The average molecular weight is 655 g/mol. The SMILES string of the molecule is CCn1c(-c2cccnc2[C@H](C)OC)c(CC(C)(C)CO)c2cc(N3CCC[C@@H](C[C@@H](C=O)NC(=O)OCc4ccccc4)C3)ccc21. The van der Waals surface area contributed by atoms with E-state index in [0.717, 1.165) is 72.5 Å². The number of anilines is 1. The van der Waals surface area contributed by atoms with E-state index in [9.17, 15) is 14.7 Å². The molecule has 0 unspecified atom stereocenters. The molecule has 9 nitrogen and oxygen atoms in total. The lowest BCUT2D eigenvalue weighted by molar-refractivity contribution is -0.109. The van der Waals surface area contributed by atoms with Crippen LogP contribution in [0, 0.1) is 11.3 Å². The van der Waals surface area contributed by atoms with Crippen molar-refractivity contribution >= 4 is 29.0 Å². The van der Waals surface area contributed by atoms with Crippen molar-refractivity contribution < 1.29 is 24.2 Å². The number of carbonyl (C=O) groups excluding carboxylic acids is 2. The maximum atomic E-state index is 12.5. The number of carbonyl (C=O) groups is 2. The van der Waals surface area contributed by atoms with Crippen molar-refractivity contribution in [2.45, 2.75) is 78.7 Å². The predicted molar refractivity (Wildman–Crippen MR) is 190 cm³/mol. The number of aliphatic hydroxyl groups is 1. The first kappa shape index (κ1) is 35.1. The minimum atomic E-state index is -0.614. The maximum absolute atomic E-state index is 12.5. The fraction of sp³-hybridized carbons (Fsp3) is 0.462. The zero-order chi connectivity index (χ0) is 34.3. The van der Waals surface area contributed by atoms with Crippen LogP contribution in [0.15, 0.2) is 66.9 Å². The minimum absolute atomic E-state index is 0.0683. The van der Waals surface area contributed by atoms with E-state index in [1.54, 1.807) is 7.11 Å². The summed E-state index contributed by atoms with van der Waals surface area (Å²) in [5, 5.41) is 14.3. The van der Waals surface area contributed by atoms with E-state index in [2.05, 4.69) is 59.8 Å². The molecule has 2 N–H and O–H groups in total. The second-order valence-corrected chi connectivity index (χ2v) is 13.7. The van der Waals surface area contributed by atoms with E-state index >= 15 is 0 Å². The number of benzene rings is 2. The molecular weight excluding hydrogens is 604 g/mol. The molecule has 0 radical (unpaired) electrons. The number of fused-ring (bicyclic) bond motifs is 1. The van der Waals surface area contributed by atoms with Gasteiger partial charge in [0.1, 0.15) is 12.9 Å². The fourth-order valence-corrected chi connectivity index (χ4v) is 6.93. The van der Waals surface area contributed by atoms with Gasteiger partial charge < -0.3 is 34.2 Å². The zero-order valence-electron chi connectivity index (χ0n) is 28.9. The van der Waals surface area contributed by atoms with Crippen molar-refractivity contribution in [3.05, 3.63) is 83.7 Å². The third kappa shape index (κ3) is 8.08. The summed E-state index contributed by atoms with van der Waals surface area (Å²) in [6, 6.07) is 19.7. The number of alkyl carbamates (subject to hydrolysis) is 1. The van der Waals surface area contributed by atoms with Gasteiger partial charge in [-0.05, 0) is 92.3 Å². The molecule has 1 fully saturated rings. The molecule has 9 heteroatoms. The van der Waals surface area contributed by atoms with Crippen molar-refractivity contribution in [2.75, 3.05) is 31.7 Å². The van der Waals surface area contributed by atoms with Gasteiger partial charge in [0.05, 0.1) is 23.5 Å². The van der Waals surface area contributed by atoms with Gasteiger partial charge in [-0.1, -0.05) is 44.2 Å². The highest BCUT2D eigenvalue weighted by Crippen LogP contribution is 2.41. The number of hydrogen-bond acceptors (Lipinski definition) is 7. The molecule has 0 aliphatic carbocycles. The van der Waals surface area contributed by atoms with E-state index in [-0.39, 0.29) is 30.7 Å². The lowest BCUT2D eigenvalue weighted by Gasteiger charge is -2.35. The average Bonchev–Trinajstić information content (AvgIpc) is 3.42. The number of ether oxygens (including phenoxy) is 2. The van der Waals surface area contributed by atoms with Gasteiger partial charge in [-0.25, -0.2) is 4.79 Å². The third-order valence-electron chi connectivity index (χ3n) is 9.54. The number of rotatable bonds is 14. The number of amides is 1. The van der Waals surface area contributed by atoms with E-state index in [0.29, 0.717) is 12.8 Å². The van der Waals surface area contributed by atoms with Crippen molar-refractivity contribution in [2.24, 2.45) is 11.3 Å². The molecule has 0 spiro atoms. The van der Waals surface area contributed by atoms with E-state index < -0.39 is 12.1 Å². The van der Waals surface area contributed by atoms with Crippen LogP contribution in [0.2, 0.25) is 0 Å². The Balaban J connectivity index is 1.41. The number of hydrogen-bond donors (Lipinski definition) is 2. The van der Waals surface area contributed by atoms with E-state index in [4.69, 9.17) is 14.5 Å². The lowest BCUT2D eigenvalue weighted by atomic mass is 9.84. The number of nitrogens with one attached hydrogen (secondary N) is 1. The number of nitrogens with zero attached hydrogens (tertiary/aromatic N) is 3.